The molecule has 6 heteroatoms. The zero-order chi connectivity index (χ0) is 11.4. The first-order valence-electron chi connectivity index (χ1n) is 4.45. The third-order valence-electron chi connectivity index (χ3n) is 1.77. The maximum Gasteiger partial charge on any atom is 0.275 e. The topological polar surface area (TPSA) is 67.8 Å². The average molecular weight is 235 g/mol. The van der Waals surface area contributed by atoms with Gasteiger partial charge >= 0.3 is 0 Å². The average Bonchev–Trinajstić information content (AvgIpc) is 2.30. The summed E-state index contributed by atoms with van der Waals surface area (Å²) in [6.07, 6.45) is 2.82. The number of amides is 1. The Kier molecular flexibility index (Phi) is 3.07. The summed E-state index contributed by atoms with van der Waals surface area (Å²) in [7, 11) is 0. The van der Waals surface area contributed by atoms with E-state index in [2.05, 4.69) is 20.3 Å². The van der Waals surface area contributed by atoms with Crippen LogP contribution < -0.4 is 5.32 Å². The van der Waals surface area contributed by atoms with Crippen LogP contribution in [-0.2, 0) is 0 Å². The number of nitrogens with zero attached hydrogens (tertiary/aromatic N) is 3. The van der Waals surface area contributed by atoms with Gasteiger partial charge in [0.25, 0.3) is 5.91 Å². The van der Waals surface area contributed by atoms with Crippen molar-refractivity contribution < 1.29 is 4.79 Å². The smallest absolute Gasteiger partial charge is 0.275 e. The lowest BCUT2D eigenvalue weighted by atomic mass is 10.3. The van der Waals surface area contributed by atoms with Crippen LogP contribution in [0.1, 0.15) is 10.5 Å². The molecule has 1 N–H and O–H groups in total. The molecule has 16 heavy (non-hydrogen) atoms. The number of rotatable bonds is 2. The molecule has 2 heterocycles. The summed E-state index contributed by atoms with van der Waals surface area (Å²) >= 11 is 5.66. The highest BCUT2D eigenvalue weighted by Gasteiger charge is 2.07. The van der Waals surface area contributed by atoms with Crippen molar-refractivity contribution >= 4 is 23.3 Å². The zero-order valence-corrected chi connectivity index (χ0v) is 8.85. The molecule has 0 radical (unpaired) electrons. The van der Waals surface area contributed by atoms with Crippen molar-refractivity contribution in [3.05, 3.63) is 47.6 Å². The molecule has 0 aliphatic heterocycles. The van der Waals surface area contributed by atoms with E-state index in [9.17, 15) is 4.79 Å². The predicted molar refractivity (Wildman–Crippen MR) is 59.2 cm³/mol. The highest BCUT2D eigenvalue weighted by molar-refractivity contribution is 6.29. The molecule has 0 saturated carbocycles. The number of anilines is 1. The van der Waals surface area contributed by atoms with E-state index in [0.29, 0.717) is 11.5 Å². The zero-order valence-electron chi connectivity index (χ0n) is 8.09. The van der Waals surface area contributed by atoms with E-state index in [0.717, 1.165) is 0 Å². The number of nitrogens with one attached hydrogen (secondary N) is 1. The summed E-state index contributed by atoms with van der Waals surface area (Å²) in [4.78, 5) is 23.1. The molecular weight excluding hydrogens is 228 g/mol. The van der Waals surface area contributed by atoms with Crippen molar-refractivity contribution in [3.8, 4) is 0 Å². The van der Waals surface area contributed by atoms with Crippen LogP contribution in [-0.4, -0.2) is 20.9 Å². The van der Waals surface area contributed by atoms with Crippen LogP contribution in [0.3, 0.4) is 0 Å². The van der Waals surface area contributed by atoms with Gasteiger partial charge in [0.15, 0.2) is 0 Å². The first kappa shape index (κ1) is 10.5. The molecule has 0 bridgehead atoms. The highest BCUT2D eigenvalue weighted by Crippen LogP contribution is 2.09. The molecular formula is C10H7ClN4O. The second-order valence-corrected chi connectivity index (χ2v) is 3.28. The molecule has 0 spiro atoms. The minimum absolute atomic E-state index is 0.270. The van der Waals surface area contributed by atoms with E-state index in [1.807, 2.05) is 0 Å². The molecule has 0 fully saturated rings. The van der Waals surface area contributed by atoms with Crippen molar-refractivity contribution in [1.82, 2.24) is 15.0 Å². The van der Waals surface area contributed by atoms with E-state index < -0.39 is 0 Å². The maximum atomic E-state index is 11.6. The predicted octanol–water partition coefficient (Wildman–Crippen LogP) is 1.78. The van der Waals surface area contributed by atoms with Crippen molar-refractivity contribution in [1.29, 1.82) is 0 Å². The minimum atomic E-state index is -0.338. The molecule has 80 valence electrons. The van der Waals surface area contributed by atoms with Crippen molar-refractivity contribution in [2.75, 3.05) is 5.32 Å². The maximum absolute atomic E-state index is 11.6. The number of carbonyl (C=O) groups excluding carboxylic acids is 1. The fourth-order valence-electron chi connectivity index (χ4n) is 1.08. The van der Waals surface area contributed by atoms with Crippen molar-refractivity contribution in [2.45, 2.75) is 0 Å². The number of pyridine rings is 1. The Morgan fingerprint density at radius 3 is 2.81 bits per heavy atom. The molecule has 5 nitrogen and oxygen atoms in total. The van der Waals surface area contributed by atoms with Gasteiger partial charge in [0.2, 0.25) is 0 Å². The largest absolute Gasteiger partial charge is 0.305 e. The molecule has 2 aromatic rings. The lowest BCUT2D eigenvalue weighted by molar-refractivity contribution is 0.102. The van der Waals surface area contributed by atoms with Gasteiger partial charge in [-0.25, -0.2) is 9.97 Å². The monoisotopic (exact) mass is 234 g/mol. The van der Waals surface area contributed by atoms with E-state index in [1.54, 1.807) is 24.4 Å². The summed E-state index contributed by atoms with van der Waals surface area (Å²) in [5.41, 5.74) is 0.317. The second kappa shape index (κ2) is 4.67. The third-order valence-corrected chi connectivity index (χ3v) is 1.98. The molecule has 0 aliphatic carbocycles. The highest BCUT2D eigenvalue weighted by atomic mass is 35.5. The normalized spacial score (nSPS) is 9.81. The molecule has 2 aromatic heterocycles. The van der Waals surface area contributed by atoms with Crippen LogP contribution in [0.4, 0.5) is 5.82 Å². The number of hydrogen-bond acceptors (Lipinski definition) is 4. The van der Waals surface area contributed by atoms with Gasteiger partial charge in [0.1, 0.15) is 23.0 Å². The lowest BCUT2D eigenvalue weighted by Gasteiger charge is -2.02. The first-order chi connectivity index (χ1) is 7.75. The van der Waals surface area contributed by atoms with Gasteiger partial charge in [0, 0.05) is 12.3 Å². The molecule has 2 rings (SSSR count). The Bertz CT molecular complexity index is 503. The quantitative estimate of drug-likeness (QED) is 0.805. The summed E-state index contributed by atoms with van der Waals surface area (Å²) in [6, 6.07) is 6.54. The molecule has 0 saturated heterocycles. The van der Waals surface area contributed by atoms with Gasteiger partial charge in [-0.3, -0.25) is 9.78 Å². The number of hydrogen-bond donors (Lipinski definition) is 1. The summed E-state index contributed by atoms with van der Waals surface area (Å²) in [6.45, 7) is 0. The van der Waals surface area contributed by atoms with Crippen LogP contribution in [0, 0.1) is 0 Å². The van der Waals surface area contributed by atoms with Crippen molar-refractivity contribution in [3.63, 3.8) is 0 Å². The van der Waals surface area contributed by atoms with E-state index >= 15 is 0 Å². The summed E-state index contributed by atoms with van der Waals surface area (Å²) in [5.74, 6) is 0.00557. The first-order valence-corrected chi connectivity index (χ1v) is 4.83. The SMILES string of the molecule is O=C(Nc1cc(Cl)ncn1)c1ccccn1. The third kappa shape index (κ3) is 2.52. The van der Waals surface area contributed by atoms with Gasteiger partial charge in [0.05, 0.1) is 0 Å². The lowest BCUT2D eigenvalue weighted by Crippen LogP contribution is -2.14. The van der Waals surface area contributed by atoms with Gasteiger partial charge < -0.3 is 5.32 Å². The minimum Gasteiger partial charge on any atom is -0.305 e. The number of aromatic nitrogens is 3. The number of halogens is 1. The number of carbonyl (C=O) groups is 1. The van der Waals surface area contributed by atoms with E-state index in [4.69, 9.17) is 11.6 Å². The Morgan fingerprint density at radius 2 is 2.12 bits per heavy atom. The standard InChI is InChI=1S/C10H7ClN4O/c11-8-5-9(14-6-13-8)15-10(16)7-3-1-2-4-12-7/h1-6H,(H,13,14,15,16). The fraction of sp³-hybridized carbons (Fsp3) is 0. The molecule has 0 aliphatic rings. The summed E-state index contributed by atoms with van der Waals surface area (Å²) < 4.78 is 0. The molecule has 1 amide bonds. The van der Waals surface area contributed by atoms with Crippen LogP contribution in [0.25, 0.3) is 0 Å². The van der Waals surface area contributed by atoms with E-state index in [1.165, 1.54) is 12.4 Å². The van der Waals surface area contributed by atoms with Gasteiger partial charge in [-0.2, -0.15) is 0 Å². The Balaban J connectivity index is 2.14. The van der Waals surface area contributed by atoms with Gasteiger partial charge in [-0.15, -0.1) is 0 Å². The van der Waals surface area contributed by atoms with Crippen LogP contribution in [0.5, 0.6) is 0 Å². The Labute approximate surface area is 96.5 Å². The second-order valence-electron chi connectivity index (χ2n) is 2.90. The van der Waals surface area contributed by atoms with E-state index in [-0.39, 0.29) is 11.1 Å². The molecule has 0 atom stereocenters. The van der Waals surface area contributed by atoms with Crippen molar-refractivity contribution in [2.24, 2.45) is 0 Å². The van der Waals surface area contributed by atoms with Crippen LogP contribution in [0.15, 0.2) is 36.8 Å². The summed E-state index contributed by atoms with van der Waals surface area (Å²) in [5, 5.41) is 2.83. The molecule has 0 unspecified atom stereocenters. The fourth-order valence-corrected chi connectivity index (χ4v) is 1.23. The Hall–Kier alpha value is -2.01. The van der Waals surface area contributed by atoms with Crippen LogP contribution >= 0.6 is 11.6 Å². The van der Waals surface area contributed by atoms with Gasteiger partial charge in [-0.05, 0) is 12.1 Å². The Morgan fingerprint density at radius 1 is 1.25 bits per heavy atom. The van der Waals surface area contributed by atoms with Gasteiger partial charge in [-0.1, -0.05) is 17.7 Å². The van der Waals surface area contributed by atoms with Crippen LogP contribution in [0.2, 0.25) is 5.15 Å². The molecule has 0 aromatic carbocycles.